The topological polar surface area (TPSA) is 96.4 Å². The number of halogens is 2. The van der Waals surface area contributed by atoms with Crippen LogP contribution in [0.25, 0.3) is 0 Å². The molecule has 0 radical (unpaired) electrons. The highest BCUT2D eigenvalue weighted by atomic mass is 19.2. The van der Waals surface area contributed by atoms with E-state index in [2.05, 4.69) is 4.98 Å². The van der Waals surface area contributed by atoms with Crippen molar-refractivity contribution in [2.75, 3.05) is 0 Å². The number of hydrogen-bond donors (Lipinski definition) is 2. The lowest BCUT2D eigenvalue weighted by atomic mass is 9.93. The zero-order valence-corrected chi connectivity index (χ0v) is 9.44. The standard InChI is InChI=1S/C11H8F2N2O4/c12-8-5(11(18)19)3-6(14-9(8)13)4-1-2-7(16)15-10(4)17/h3-4H,1-2H2,(H,18,19)(H,15,16,17). The Morgan fingerprint density at radius 3 is 2.68 bits per heavy atom. The van der Waals surface area contributed by atoms with E-state index in [0.717, 1.165) is 6.07 Å². The minimum atomic E-state index is -1.66. The molecule has 8 heteroatoms. The Morgan fingerprint density at radius 1 is 1.42 bits per heavy atom. The molecule has 0 aromatic carbocycles. The summed E-state index contributed by atoms with van der Waals surface area (Å²) in [6.07, 6.45) is 0.0985. The van der Waals surface area contributed by atoms with Gasteiger partial charge < -0.3 is 5.11 Å². The van der Waals surface area contributed by atoms with Crippen molar-refractivity contribution in [3.63, 3.8) is 0 Å². The molecule has 0 aliphatic carbocycles. The van der Waals surface area contributed by atoms with Gasteiger partial charge in [0.2, 0.25) is 17.8 Å². The first kappa shape index (κ1) is 13.1. The van der Waals surface area contributed by atoms with Crippen LogP contribution in [-0.4, -0.2) is 27.9 Å². The molecule has 0 saturated carbocycles. The highest BCUT2D eigenvalue weighted by Crippen LogP contribution is 2.25. The van der Waals surface area contributed by atoms with Gasteiger partial charge in [0.1, 0.15) is 5.56 Å². The number of carboxylic acid groups (broad SMARTS) is 1. The molecule has 2 N–H and O–H groups in total. The number of hydrogen-bond acceptors (Lipinski definition) is 4. The maximum Gasteiger partial charge on any atom is 0.338 e. The summed E-state index contributed by atoms with van der Waals surface area (Å²) in [7, 11) is 0. The maximum absolute atomic E-state index is 13.2. The summed E-state index contributed by atoms with van der Waals surface area (Å²) in [6.45, 7) is 0. The van der Waals surface area contributed by atoms with E-state index in [1.54, 1.807) is 0 Å². The van der Waals surface area contributed by atoms with Gasteiger partial charge in [0.25, 0.3) is 0 Å². The average molecular weight is 270 g/mol. The van der Waals surface area contributed by atoms with Gasteiger partial charge in [-0.05, 0) is 12.5 Å². The number of aromatic nitrogens is 1. The molecule has 2 heterocycles. The first-order valence-electron chi connectivity index (χ1n) is 5.33. The zero-order valence-electron chi connectivity index (χ0n) is 9.44. The molecule has 6 nitrogen and oxygen atoms in total. The summed E-state index contributed by atoms with van der Waals surface area (Å²) in [5, 5.41) is 10.8. The van der Waals surface area contributed by atoms with Gasteiger partial charge in [-0.25, -0.2) is 14.2 Å². The van der Waals surface area contributed by atoms with Crippen LogP contribution in [0, 0.1) is 11.8 Å². The Hall–Kier alpha value is -2.38. The van der Waals surface area contributed by atoms with E-state index in [1.807, 2.05) is 5.32 Å². The number of amides is 2. The third-order valence-corrected chi connectivity index (χ3v) is 2.76. The molecule has 0 bridgehead atoms. The smallest absolute Gasteiger partial charge is 0.338 e. The number of piperidine rings is 1. The molecule has 1 aromatic rings. The molecular weight excluding hydrogens is 262 g/mol. The Kier molecular flexibility index (Phi) is 3.24. The molecule has 1 atom stereocenters. The van der Waals surface area contributed by atoms with Crippen molar-refractivity contribution >= 4 is 17.8 Å². The third-order valence-electron chi connectivity index (χ3n) is 2.76. The molecule has 1 aliphatic heterocycles. The van der Waals surface area contributed by atoms with Gasteiger partial charge in [-0.15, -0.1) is 0 Å². The van der Waals surface area contributed by atoms with Crippen molar-refractivity contribution in [3.8, 4) is 0 Å². The molecule has 2 rings (SSSR count). The summed E-state index contributed by atoms with van der Waals surface area (Å²) in [5.74, 6) is -6.96. The second-order valence-corrected chi connectivity index (χ2v) is 4.01. The fraction of sp³-hybridized carbons (Fsp3) is 0.273. The van der Waals surface area contributed by atoms with E-state index in [0.29, 0.717) is 0 Å². The van der Waals surface area contributed by atoms with E-state index >= 15 is 0 Å². The Labute approximate surface area is 105 Å². The number of nitrogens with zero attached hydrogens (tertiary/aromatic N) is 1. The number of carbonyl (C=O) groups excluding carboxylic acids is 2. The van der Waals surface area contributed by atoms with Crippen molar-refractivity contribution in [2.45, 2.75) is 18.8 Å². The molecule has 1 unspecified atom stereocenters. The highest BCUT2D eigenvalue weighted by Gasteiger charge is 2.31. The number of pyridine rings is 1. The second-order valence-electron chi connectivity index (χ2n) is 4.01. The Bertz CT molecular complexity index is 588. The number of aromatic carboxylic acids is 1. The molecule has 19 heavy (non-hydrogen) atoms. The number of imide groups is 1. The third kappa shape index (κ3) is 2.42. The lowest BCUT2D eigenvalue weighted by Gasteiger charge is -2.20. The normalized spacial score (nSPS) is 19.2. The fourth-order valence-corrected chi connectivity index (χ4v) is 1.83. The number of carboxylic acids is 1. The van der Waals surface area contributed by atoms with Crippen molar-refractivity contribution in [1.82, 2.24) is 10.3 Å². The molecule has 1 aromatic heterocycles. The minimum Gasteiger partial charge on any atom is -0.478 e. The maximum atomic E-state index is 13.2. The van der Waals surface area contributed by atoms with Crippen LogP contribution in [0.2, 0.25) is 0 Å². The average Bonchev–Trinajstić information content (AvgIpc) is 2.32. The predicted octanol–water partition coefficient (Wildman–Crippen LogP) is 0.578. The second kappa shape index (κ2) is 4.71. The quantitative estimate of drug-likeness (QED) is 0.605. The zero-order chi connectivity index (χ0) is 14.2. The summed E-state index contributed by atoms with van der Waals surface area (Å²) < 4.78 is 26.4. The molecule has 1 saturated heterocycles. The van der Waals surface area contributed by atoms with Crippen LogP contribution in [0.3, 0.4) is 0 Å². The minimum absolute atomic E-state index is 0.0273. The number of nitrogens with one attached hydrogen (secondary N) is 1. The van der Waals surface area contributed by atoms with Crippen molar-refractivity contribution in [3.05, 3.63) is 29.1 Å². The van der Waals surface area contributed by atoms with Crippen molar-refractivity contribution in [2.24, 2.45) is 0 Å². The Balaban J connectivity index is 2.43. The number of carbonyl (C=O) groups is 3. The largest absolute Gasteiger partial charge is 0.478 e. The van der Waals surface area contributed by atoms with Crippen LogP contribution in [0.15, 0.2) is 6.07 Å². The van der Waals surface area contributed by atoms with Gasteiger partial charge in [-0.1, -0.05) is 0 Å². The fourth-order valence-electron chi connectivity index (χ4n) is 1.83. The van der Waals surface area contributed by atoms with Crippen LogP contribution >= 0.6 is 0 Å². The van der Waals surface area contributed by atoms with E-state index in [-0.39, 0.29) is 18.5 Å². The first-order chi connectivity index (χ1) is 8.90. The SMILES string of the molecule is O=C1CCC(c2cc(C(=O)O)c(F)c(F)n2)C(=O)N1. The van der Waals surface area contributed by atoms with Crippen LogP contribution in [0.1, 0.15) is 34.8 Å². The van der Waals surface area contributed by atoms with Gasteiger partial charge >= 0.3 is 5.97 Å². The van der Waals surface area contributed by atoms with Crippen molar-refractivity contribution in [1.29, 1.82) is 0 Å². The number of rotatable bonds is 2. The molecular formula is C11H8F2N2O4. The first-order valence-corrected chi connectivity index (χ1v) is 5.33. The molecule has 0 spiro atoms. The summed E-state index contributed by atoms with van der Waals surface area (Å²) in [4.78, 5) is 36.5. The highest BCUT2D eigenvalue weighted by molar-refractivity contribution is 6.01. The van der Waals surface area contributed by atoms with E-state index in [9.17, 15) is 23.2 Å². The van der Waals surface area contributed by atoms with Gasteiger partial charge in [-0.2, -0.15) is 4.39 Å². The van der Waals surface area contributed by atoms with Crippen molar-refractivity contribution < 1.29 is 28.3 Å². The van der Waals surface area contributed by atoms with Crippen LogP contribution < -0.4 is 5.32 Å². The van der Waals surface area contributed by atoms with Gasteiger partial charge in [0.15, 0.2) is 5.82 Å². The van der Waals surface area contributed by atoms with E-state index in [4.69, 9.17) is 5.11 Å². The van der Waals surface area contributed by atoms with Gasteiger partial charge in [-0.3, -0.25) is 14.9 Å². The summed E-state index contributed by atoms with van der Waals surface area (Å²) in [6, 6.07) is 0.806. The lowest BCUT2D eigenvalue weighted by molar-refractivity contribution is -0.134. The predicted molar refractivity (Wildman–Crippen MR) is 56.2 cm³/mol. The van der Waals surface area contributed by atoms with Gasteiger partial charge in [0.05, 0.1) is 11.6 Å². The van der Waals surface area contributed by atoms with E-state index < -0.39 is 41.0 Å². The monoisotopic (exact) mass is 270 g/mol. The molecule has 100 valence electrons. The van der Waals surface area contributed by atoms with Crippen LogP contribution in [0.5, 0.6) is 0 Å². The summed E-state index contributed by atoms with van der Waals surface area (Å²) in [5.41, 5.74) is -1.10. The molecule has 2 amide bonds. The van der Waals surface area contributed by atoms with Crippen LogP contribution in [0.4, 0.5) is 8.78 Å². The lowest BCUT2D eigenvalue weighted by Crippen LogP contribution is -2.40. The Morgan fingerprint density at radius 2 is 2.11 bits per heavy atom. The molecule has 1 fully saturated rings. The van der Waals surface area contributed by atoms with Gasteiger partial charge in [0, 0.05) is 6.42 Å². The van der Waals surface area contributed by atoms with E-state index in [1.165, 1.54) is 0 Å². The summed E-state index contributed by atoms with van der Waals surface area (Å²) >= 11 is 0. The molecule has 1 aliphatic rings. The van der Waals surface area contributed by atoms with Crippen LogP contribution in [-0.2, 0) is 9.59 Å².